The molecule has 2 N–H and O–H groups in total. The lowest BCUT2D eigenvalue weighted by atomic mass is 10.1. The molecule has 3 nitrogen and oxygen atoms in total. The lowest BCUT2D eigenvalue weighted by molar-refractivity contribution is 0.0950. The second kappa shape index (κ2) is 5.89. The average Bonchev–Trinajstić information content (AvgIpc) is 2.21. The molecule has 1 aromatic carbocycles. The molecular weight excluding hydrogens is 270 g/mol. The van der Waals surface area contributed by atoms with Crippen molar-refractivity contribution in [1.82, 2.24) is 5.32 Å². The summed E-state index contributed by atoms with van der Waals surface area (Å²) in [4.78, 5) is 12.1. The number of carbonyl (C=O) groups is 1. The zero-order chi connectivity index (χ0) is 12.1. The van der Waals surface area contributed by atoms with Gasteiger partial charge in [0.15, 0.2) is 0 Å². The summed E-state index contributed by atoms with van der Waals surface area (Å²) in [6.45, 7) is 4.39. The minimum Gasteiger partial charge on any atom is -0.507 e. The van der Waals surface area contributed by atoms with Crippen LogP contribution in [0.3, 0.4) is 0 Å². The first-order valence-electron chi connectivity index (χ1n) is 5.23. The molecule has 1 rings (SSSR count). The fourth-order valence-corrected chi connectivity index (χ4v) is 1.55. The maximum absolute atomic E-state index is 11.7. The number of hydrogen-bond donors (Lipinski definition) is 2. The van der Waals surface area contributed by atoms with E-state index in [0.29, 0.717) is 22.5 Å². The van der Waals surface area contributed by atoms with Gasteiger partial charge in [0, 0.05) is 11.4 Å². The van der Waals surface area contributed by atoms with Crippen LogP contribution in [0.5, 0.6) is 5.75 Å². The largest absolute Gasteiger partial charge is 0.507 e. The van der Waals surface area contributed by atoms with Gasteiger partial charge in [-0.2, -0.15) is 0 Å². The van der Waals surface area contributed by atoms with E-state index in [1.165, 1.54) is 0 Å². The highest BCUT2D eigenvalue weighted by molar-refractivity contribution is 9.09. The van der Waals surface area contributed by atoms with Gasteiger partial charge in [-0.25, -0.2) is 0 Å². The summed E-state index contributed by atoms with van der Waals surface area (Å²) < 4.78 is 0. The number of para-hydroxylation sites is 1. The van der Waals surface area contributed by atoms with Crippen LogP contribution in [0.2, 0.25) is 0 Å². The van der Waals surface area contributed by atoms with Gasteiger partial charge in [-0.15, -0.1) is 0 Å². The lowest BCUT2D eigenvalue weighted by Crippen LogP contribution is -2.25. The number of alkyl halides is 1. The van der Waals surface area contributed by atoms with Crippen molar-refractivity contribution in [3.8, 4) is 5.75 Å². The first-order valence-corrected chi connectivity index (χ1v) is 6.14. The van der Waals surface area contributed by atoms with Crippen LogP contribution >= 0.6 is 15.9 Å². The maximum Gasteiger partial charge on any atom is 0.255 e. The Balaban J connectivity index is 2.63. The van der Waals surface area contributed by atoms with E-state index in [1.54, 1.807) is 25.1 Å². The fraction of sp³-hybridized carbons (Fsp3) is 0.417. The van der Waals surface area contributed by atoms with Crippen LogP contribution < -0.4 is 5.32 Å². The Morgan fingerprint density at radius 2 is 2.25 bits per heavy atom. The summed E-state index contributed by atoms with van der Waals surface area (Å²) in [7, 11) is 0. The molecule has 0 aromatic heterocycles. The van der Waals surface area contributed by atoms with Crippen LogP contribution in [0, 0.1) is 6.92 Å². The number of nitrogens with one attached hydrogen (secondary N) is 1. The number of phenols is 1. The highest BCUT2D eigenvalue weighted by Crippen LogP contribution is 2.20. The number of benzene rings is 1. The summed E-state index contributed by atoms with van der Waals surface area (Å²) in [5.74, 6) is -0.166. The van der Waals surface area contributed by atoms with Crippen LogP contribution in [0.4, 0.5) is 0 Å². The monoisotopic (exact) mass is 285 g/mol. The summed E-state index contributed by atoms with van der Waals surface area (Å²) in [5, 5.41) is 12.5. The van der Waals surface area contributed by atoms with Gasteiger partial charge >= 0.3 is 0 Å². The highest BCUT2D eigenvalue weighted by Gasteiger charge is 2.11. The number of rotatable bonds is 4. The van der Waals surface area contributed by atoms with Gasteiger partial charge in [0.05, 0.1) is 5.56 Å². The molecule has 1 unspecified atom stereocenters. The zero-order valence-corrected chi connectivity index (χ0v) is 11.0. The van der Waals surface area contributed by atoms with Crippen molar-refractivity contribution >= 4 is 21.8 Å². The van der Waals surface area contributed by atoms with Crippen molar-refractivity contribution in [2.45, 2.75) is 25.1 Å². The number of hydrogen-bond acceptors (Lipinski definition) is 2. The van der Waals surface area contributed by atoms with Gasteiger partial charge in [-0.3, -0.25) is 4.79 Å². The standard InChI is InChI=1S/C12H16BrNO2/c1-8-4-3-5-10(11(8)15)12(16)14-7-6-9(2)13/h3-5,9,15H,6-7H2,1-2H3,(H,14,16). The van der Waals surface area contributed by atoms with Crippen LogP contribution in [-0.4, -0.2) is 22.4 Å². The summed E-state index contributed by atoms with van der Waals surface area (Å²) >= 11 is 3.41. The van der Waals surface area contributed by atoms with Gasteiger partial charge in [0.1, 0.15) is 5.75 Å². The molecule has 0 heterocycles. The number of amides is 1. The topological polar surface area (TPSA) is 49.3 Å². The van der Waals surface area contributed by atoms with Crippen LogP contribution in [0.25, 0.3) is 0 Å². The molecule has 0 saturated carbocycles. The minimum atomic E-state index is -0.227. The van der Waals surface area contributed by atoms with Gasteiger partial charge < -0.3 is 10.4 Å². The smallest absolute Gasteiger partial charge is 0.255 e. The average molecular weight is 286 g/mol. The number of halogens is 1. The van der Waals surface area contributed by atoms with Crippen LogP contribution in [-0.2, 0) is 0 Å². The Labute approximate surface area is 104 Å². The first-order chi connectivity index (χ1) is 7.52. The minimum absolute atomic E-state index is 0.0619. The van der Waals surface area contributed by atoms with E-state index in [1.807, 2.05) is 6.92 Å². The van der Waals surface area contributed by atoms with E-state index >= 15 is 0 Å². The van der Waals surface area contributed by atoms with Gasteiger partial charge in [0.2, 0.25) is 0 Å². The van der Waals surface area contributed by atoms with E-state index in [2.05, 4.69) is 21.2 Å². The third-order valence-corrected chi connectivity index (χ3v) is 2.77. The molecule has 0 aliphatic rings. The second-order valence-corrected chi connectivity index (χ2v) is 5.36. The number of aromatic hydroxyl groups is 1. The fourth-order valence-electron chi connectivity index (χ4n) is 1.32. The van der Waals surface area contributed by atoms with E-state index in [-0.39, 0.29) is 11.7 Å². The predicted octanol–water partition coefficient (Wildman–Crippen LogP) is 2.60. The van der Waals surface area contributed by atoms with Crippen molar-refractivity contribution in [3.63, 3.8) is 0 Å². The zero-order valence-electron chi connectivity index (χ0n) is 9.46. The Morgan fingerprint density at radius 1 is 1.56 bits per heavy atom. The van der Waals surface area contributed by atoms with Crippen molar-refractivity contribution in [2.75, 3.05) is 6.54 Å². The Kier molecular flexibility index (Phi) is 4.80. The Morgan fingerprint density at radius 3 is 2.88 bits per heavy atom. The normalized spacial score (nSPS) is 12.2. The summed E-state index contributed by atoms with van der Waals surface area (Å²) in [6, 6.07) is 5.15. The molecule has 16 heavy (non-hydrogen) atoms. The molecule has 0 fully saturated rings. The Hall–Kier alpha value is -1.03. The molecule has 0 bridgehead atoms. The van der Waals surface area contributed by atoms with Gasteiger partial charge in [-0.1, -0.05) is 35.0 Å². The quantitative estimate of drug-likeness (QED) is 0.836. The third kappa shape index (κ3) is 3.52. The molecule has 1 aromatic rings. The van der Waals surface area contributed by atoms with Crippen molar-refractivity contribution in [3.05, 3.63) is 29.3 Å². The molecule has 0 aliphatic carbocycles. The number of phenolic OH excluding ortho intramolecular Hbond substituents is 1. The molecule has 0 radical (unpaired) electrons. The highest BCUT2D eigenvalue weighted by atomic mass is 79.9. The molecule has 88 valence electrons. The second-order valence-electron chi connectivity index (χ2n) is 3.80. The maximum atomic E-state index is 11.7. The number of aryl methyl sites for hydroxylation is 1. The van der Waals surface area contributed by atoms with E-state index in [9.17, 15) is 9.90 Å². The lowest BCUT2D eigenvalue weighted by Gasteiger charge is -2.08. The molecular formula is C12H16BrNO2. The van der Waals surface area contributed by atoms with Crippen LogP contribution in [0.1, 0.15) is 29.3 Å². The molecule has 4 heteroatoms. The van der Waals surface area contributed by atoms with E-state index < -0.39 is 0 Å². The predicted molar refractivity (Wildman–Crippen MR) is 68.2 cm³/mol. The Bertz CT molecular complexity index is 377. The van der Waals surface area contributed by atoms with E-state index in [4.69, 9.17) is 0 Å². The van der Waals surface area contributed by atoms with Crippen LogP contribution in [0.15, 0.2) is 18.2 Å². The number of carbonyl (C=O) groups excluding carboxylic acids is 1. The molecule has 1 atom stereocenters. The first kappa shape index (κ1) is 13.0. The third-order valence-electron chi connectivity index (χ3n) is 2.31. The summed E-state index contributed by atoms with van der Waals surface area (Å²) in [6.07, 6.45) is 0.859. The molecule has 0 aliphatic heterocycles. The van der Waals surface area contributed by atoms with Crippen molar-refractivity contribution in [1.29, 1.82) is 0 Å². The summed E-state index contributed by atoms with van der Waals surface area (Å²) in [5.41, 5.74) is 1.05. The van der Waals surface area contributed by atoms with Crippen molar-refractivity contribution < 1.29 is 9.90 Å². The molecule has 1 amide bonds. The van der Waals surface area contributed by atoms with Crippen molar-refractivity contribution in [2.24, 2.45) is 0 Å². The SMILES string of the molecule is Cc1cccc(C(=O)NCCC(C)Br)c1O. The molecule has 0 saturated heterocycles. The molecule has 0 spiro atoms. The van der Waals surface area contributed by atoms with E-state index in [0.717, 1.165) is 6.42 Å². The van der Waals surface area contributed by atoms with Gasteiger partial charge in [0.25, 0.3) is 5.91 Å². The van der Waals surface area contributed by atoms with Gasteiger partial charge in [-0.05, 0) is 25.0 Å².